The van der Waals surface area contributed by atoms with Gasteiger partial charge in [0.05, 0.1) is 0 Å². The number of nitrogens with zero attached hydrogens (tertiary/aromatic N) is 1. The summed E-state index contributed by atoms with van der Waals surface area (Å²) in [5, 5.41) is 9.03. The monoisotopic (exact) mass is 245 g/mol. The first-order chi connectivity index (χ1) is 7.57. The number of hydrogen-bond acceptors (Lipinski definition) is 4. The number of thioether (sulfide) groups is 1. The van der Waals surface area contributed by atoms with Gasteiger partial charge in [0.15, 0.2) is 0 Å². The van der Waals surface area contributed by atoms with Crippen LogP contribution in [0.4, 0.5) is 0 Å². The maximum absolute atomic E-state index is 11.5. The highest BCUT2D eigenvalue weighted by molar-refractivity contribution is 7.99. The minimum atomic E-state index is -1.11. The summed E-state index contributed by atoms with van der Waals surface area (Å²) < 4.78 is 0. The summed E-state index contributed by atoms with van der Waals surface area (Å²) in [6, 6.07) is -1.01. The highest BCUT2D eigenvalue weighted by Crippen LogP contribution is 2.18. The number of amides is 2. The zero-order chi connectivity index (χ0) is 12.1. The van der Waals surface area contributed by atoms with E-state index in [2.05, 4.69) is 0 Å². The SMILES string of the molecule is CCSCC(C(=O)O)N1C(=O)CCCC1=O. The Hall–Kier alpha value is -1.04. The molecule has 1 saturated heterocycles. The lowest BCUT2D eigenvalue weighted by atomic mass is 10.1. The highest BCUT2D eigenvalue weighted by atomic mass is 32.2. The van der Waals surface area contributed by atoms with E-state index < -0.39 is 12.0 Å². The Morgan fingerprint density at radius 1 is 1.44 bits per heavy atom. The van der Waals surface area contributed by atoms with E-state index in [9.17, 15) is 14.4 Å². The standard InChI is InChI=1S/C10H15NO4S/c1-2-16-6-7(10(14)15)11-8(12)4-3-5-9(11)13/h7H,2-6H2,1H3,(H,14,15). The van der Waals surface area contributed by atoms with Crippen LogP contribution < -0.4 is 0 Å². The van der Waals surface area contributed by atoms with E-state index in [0.717, 1.165) is 10.7 Å². The second-order valence-electron chi connectivity index (χ2n) is 3.52. The van der Waals surface area contributed by atoms with Crippen molar-refractivity contribution < 1.29 is 19.5 Å². The predicted molar refractivity (Wildman–Crippen MR) is 60.1 cm³/mol. The van der Waals surface area contributed by atoms with Crippen LogP contribution in [0.25, 0.3) is 0 Å². The van der Waals surface area contributed by atoms with Crippen molar-refractivity contribution >= 4 is 29.5 Å². The van der Waals surface area contributed by atoms with Gasteiger partial charge in [-0.25, -0.2) is 4.79 Å². The van der Waals surface area contributed by atoms with Crippen LogP contribution in [0.3, 0.4) is 0 Å². The number of carboxylic acids is 1. The van der Waals surface area contributed by atoms with Gasteiger partial charge < -0.3 is 5.11 Å². The lowest BCUT2D eigenvalue weighted by Gasteiger charge is -2.29. The summed E-state index contributed by atoms with van der Waals surface area (Å²) >= 11 is 1.42. The molecule has 0 bridgehead atoms. The number of carboxylic acid groups (broad SMARTS) is 1. The van der Waals surface area contributed by atoms with Crippen molar-refractivity contribution in [3.63, 3.8) is 0 Å². The van der Waals surface area contributed by atoms with Crippen molar-refractivity contribution in [3.05, 3.63) is 0 Å². The molecule has 1 aliphatic heterocycles. The van der Waals surface area contributed by atoms with E-state index >= 15 is 0 Å². The number of aliphatic carboxylic acids is 1. The fourth-order valence-corrected chi connectivity index (χ4v) is 2.35. The molecule has 1 unspecified atom stereocenters. The fraction of sp³-hybridized carbons (Fsp3) is 0.700. The summed E-state index contributed by atoms with van der Waals surface area (Å²) in [5.74, 6) is -0.797. The van der Waals surface area contributed by atoms with Crippen LogP contribution >= 0.6 is 11.8 Å². The molecule has 1 rings (SSSR count). The number of carbonyl (C=O) groups excluding carboxylic acids is 2. The maximum atomic E-state index is 11.5. The van der Waals surface area contributed by atoms with Gasteiger partial charge in [0, 0.05) is 18.6 Å². The maximum Gasteiger partial charge on any atom is 0.327 e. The molecule has 1 N–H and O–H groups in total. The average Bonchev–Trinajstić information content (AvgIpc) is 2.21. The third-order valence-corrected chi connectivity index (χ3v) is 3.35. The molecule has 16 heavy (non-hydrogen) atoms. The third kappa shape index (κ3) is 2.98. The van der Waals surface area contributed by atoms with Gasteiger partial charge in [-0.2, -0.15) is 11.8 Å². The number of rotatable bonds is 5. The first kappa shape index (κ1) is 13.0. The lowest BCUT2D eigenvalue weighted by Crippen LogP contribution is -2.51. The van der Waals surface area contributed by atoms with Crippen molar-refractivity contribution in [1.29, 1.82) is 0 Å². The van der Waals surface area contributed by atoms with Crippen LogP contribution in [0.2, 0.25) is 0 Å². The summed E-state index contributed by atoms with van der Waals surface area (Å²) in [5.41, 5.74) is 0. The molecule has 2 amide bonds. The zero-order valence-electron chi connectivity index (χ0n) is 9.14. The van der Waals surface area contributed by atoms with E-state index in [0.29, 0.717) is 6.42 Å². The molecule has 0 radical (unpaired) electrons. The van der Waals surface area contributed by atoms with E-state index in [1.807, 2.05) is 6.92 Å². The molecule has 0 aliphatic carbocycles. The highest BCUT2D eigenvalue weighted by Gasteiger charge is 2.36. The summed E-state index contributed by atoms with van der Waals surface area (Å²) in [6.45, 7) is 1.91. The Morgan fingerprint density at radius 3 is 2.44 bits per heavy atom. The normalized spacial score (nSPS) is 18.7. The molecule has 0 spiro atoms. The van der Waals surface area contributed by atoms with E-state index in [4.69, 9.17) is 5.11 Å². The lowest BCUT2D eigenvalue weighted by molar-refractivity contribution is -0.159. The molecule has 1 fully saturated rings. The van der Waals surface area contributed by atoms with Crippen molar-refractivity contribution in [2.45, 2.75) is 32.2 Å². The second-order valence-corrected chi connectivity index (χ2v) is 4.84. The average molecular weight is 245 g/mol. The molecule has 0 aromatic rings. The second kappa shape index (κ2) is 5.89. The van der Waals surface area contributed by atoms with E-state index in [1.165, 1.54) is 11.8 Å². The van der Waals surface area contributed by atoms with Gasteiger partial charge in [0.1, 0.15) is 6.04 Å². The van der Waals surface area contributed by atoms with Gasteiger partial charge >= 0.3 is 5.97 Å². The van der Waals surface area contributed by atoms with Gasteiger partial charge in [-0.05, 0) is 12.2 Å². The molecular formula is C10H15NO4S. The van der Waals surface area contributed by atoms with Crippen molar-refractivity contribution in [3.8, 4) is 0 Å². The molecule has 1 aliphatic rings. The predicted octanol–water partition coefficient (Wildman–Crippen LogP) is 0.732. The van der Waals surface area contributed by atoms with Crippen LogP contribution in [0.15, 0.2) is 0 Å². The van der Waals surface area contributed by atoms with Crippen molar-refractivity contribution in [2.24, 2.45) is 0 Å². The van der Waals surface area contributed by atoms with Gasteiger partial charge in [-0.3, -0.25) is 14.5 Å². The minimum absolute atomic E-state index is 0.267. The first-order valence-corrected chi connectivity index (χ1v) is 6.38. The van der Waals surface area contributed by atoms with Crippen molar-refractivity contribution in [1.82, 2.24) is 4.90 Å². The number of piperidine rings is 1. The molecule has 1 heterocycles. The molecule has 6 heteroatoms. The van der Waals surface area contributed by atoms with E-state index in [1.54, 1.807) is 0 Å². The molecule has 5 nitrogen and oxygen atoms in total. The number of hydrogen-bond donors (Lipinski definition) is 1. The molecular weight excluding hydrogens is 230 g/mol. The number of carbonyl (C=O) groups is 3. The topological polar surface area (TPSA) is 74.7 Å². The third-order valence-electron chi connectivity index (χ3n) is 2.40. The van der Waals surface area contributed by atoms with Gasteiger partial charge in [0.25, 0.3) is 0 Å². The van der Waals surface area contributed by atoms with E-state index in [-0.39, 0.29) is 30.4 Å². The van der Waals surface area contributed by atoms with Crippen molar-refractivity contribution in [2.75, 3.05) is 11.5 Å². The van der Waals surface area contributed by atoms with Crippen LogP contribution in [-0.4, -0.2) is 45.3 Å². The molecule has 1 atom stereocenters. The Morgan fingerprint density at radius 2 is 2.00 bits per heavy atom. The quantitative estimate of drug-likeness (QED) is 0.723. The van der Waals surface area contributed by atoms with Crippen LogP contribution in [0, 0.1) is 0 Å². The fourth-order valence-electron chi connectivity index (χ4n) is 1.60. The Kier molecular flexibility index (Phi) is 4.79. The first-order valence-electron chi connectivity index (χ1n) is 5.23. The molecule has 90 valence electrons. The zero-order valence-corrected chi connectivity index (χ0v) is 9.96. The van der Waals surface area contributed by atoms with Crippen LogP contribution in [0.5, 0.6) is 0 Å². The number of imide groups is 1. The number of likely N-dealkylation sites (tertiary alicyclic amines) is 1. The van der Waals surface area contributed by atoms with Crippen LogP contribution in [-0.2, 0) is 14.4 Å². The Balaban J connectivity index is 2.78. The van der Waals surface area contributed by atoms with Gasteiger partial charge in [-0.1, -0.05) is 6.92 Å². The van der Waals surface area contributed by atoms with Crippen LogP contribution in [0.1, 0.15) is 26.2 Å². The van der Waals surface area contributed by atoms with Gasteiger partial charge in [-0.15, -0.1) is 0 Å². The Bertz CT molecular complexity index is 289. The largest absolute Gasteiger partial charge is 0.480 e. The summed E-state index contributed by atoms with van der Waals surface area (Å²) in [6.07, 6.45) is 1.07. The Labute approximate surface area is 98.2 Å². The molecule has 0 saturated carbocycles. The minimum Gasteiger partial charge on any atom is -0.480 e. The smallest absolute Gasteiger partial charge is 0.327 e. The molecule has 0 aromatic heterocycles. The summed E-state index contributed by atoms with van der Waals surface area (Å²) in [7, 11) is 0. The van der Waals surface area contributed by atoms with Gasteiger partial charge in [0.2, 0.25) is 11.8 Å². The molecule has 0 aromatic carbocycles. The summed E-state index contributed by atoms with van der Waals surface area (Å²) in [4.78, 5) is 35.1.